The molecular formula is C17H22N4O2. The van der Waals surface area contributed by atoms with E-state index in [1.165, 1.54) is 11.8 Å². The highest BCUT2D eigenvalue weighted by Gasteiger charge is 2.13. The Kier molecular flexibility index (Phi) is 4.74. The van der Waals surface area contributed by atoms with E-state index in [1.807, 2.05) is 24.3 Å². The SMILES string of the molecule is CC(C)(C)c1ccc(OCC(=O)Nc2ccnc(N)c2N)cc1. The lowest BCUT2D eigenvalue weighted by atomic mass is 9.87. The van der Waals surface area contributed by atoms with Gasteiger partial charge >= 0.3 is 0 Å². The van der Waals surface area contributed by atoms with Gasteiger partial charge < -0.3 is 21.5 Å². The van der Waals surface area contributed by atoms with E-state index in [4.69, 9.17) is 16.2 Å². The number of rotatable bonds is 4. The summed E-state index contributed by atoms with van der Waals surface area (Å²) in [4.78, 5) is 15.8. The Morgan fingerprint density at radius 3 is 2.43 bits per heavy atom. The summed E-state index contributed by atoms with van der Waals surface area (Å²) in [6, 6.07) is 9.28. The Morgan fingerprint density at radius 2 is 1.83 bits per heavy atom. The third-order valence-electron chi connectivity index (χ3n) is 3.39. The number of hydrogen-bond donors (Lipinski definition) is 3. The monoisotopic (exact) mass is 314 g/mol. The van der Waals surface area contributed by atoms with E-state index < -0.39 is 0 Å². The van der Waals surface area contributed by atoms with Crippen LogP contribution in [0.3, 0.4) is 0 Å². The minimum absolute atomic E-state index is 0.0781. The third-order valence-corrected chi connectivity index (χ3v) is 3.39. The van der Waals surface area contributed by atoms with Gasteiger partial charge in [-0.05, 0) is 29.2 Å². The van der Waals surface area contributed by atoms with Gasteiger partial charge in [0.2, 0.25) is 0 Å². The van der Waals surface area contributed by atoms with Crippen molar-refractivity contribution in [1.29, 1.82) is 0 Å². The summed E-state index contributed by atoms with van der Waals surface area (Å²) in [7, 11) is 0. The summed E-state index contributed by atoms with van der Waals surface area (Å²) in [6.07, 6.45) is 1.48. The normalized spacial score (nSPS) is 11.1. The van der Waals surface area contributed by atoms with E-state index in [0.717, 1.165) is 0 Å². The molecule has 2 aromatic rings. The van der Waals surface area contributed by atoms with E-state index in [0.29, 0.717) is 11.4 Å². The van der Waals surface area contributed by atoms with Crippen molar-refractivity contribution < 1.29 is 9.53 Å². The first-order valence-corrected chi connectivity index (χ1v) is 7.30. The molecule has 1 aromatic heterocycles. The maximum atomic E-state index is 11.9. The minimum atomic E-state index is -0.317. The first-order valence-electron chi connectivity index (χ1n) is 7.30. The molecule has 2 rings (SSSR count). The second kappa shape index (κ2) is 6.56. The molecule has 0 aliphatic carbocycles. The van der Waals surface area contributed by atoms with E-state index in [-0.39, 0.29) is 29.4 Å². The lowest BCUT2D eigenvalue weighted by Gasteiger charge is -2.19. The summed E-state index contributed by atoms with van der Waals surface area (Å²) < 4.78 is 5.48. The van der Waals surface area contributed by atoms with Crippen LogP contribution >= 0.6 is 0 Å². The van der Waals surface area contributed by atoms with E-state index >= 15 is 0 Å². The number of aromatic nitrogens is 1. The number of nitrogens with zero attached hydrogens (tertiary/aromatic N) is 1. The molecule has 0 saturated heterocycles. The summed E-state index contributed by atoms with van der Waals surface area (Å²) >= 11 is 0. The largest absolute Gasteiger partial charge is 0.484 e. The highest BCUT2D eigenvalue weighted by atomic mass is 16.5. The van der Waals surface area contributed by atoms with Crippen LogP contribution in [0.25, 0.3) is 0 Å². The average molecular weight is 314 g/mol. The molecule has 122 valence electrons. The number of nitrogen functional groups attached to an aromatic ring is 2. The molecule has 23 heavy (non-hydrogen) atoms. The zero-order valence-electron chi connectivity index (χ0n) is 13.6. The van der Waals surface area contributed by atoms with Gasteiger partial charge in [-0.2, -0.15) is 0 Å². The zero-order valence-corrected chi connectivity index (χ0v) is 13.6. The molecule has 1 heterocycles. The molecule has 0 saturated carbocycles. The van der Waals surface area contributed by atoms with Crippen LogP contribution in [-0.2, 0) is 10.2 Å². The fourth-order valence-corrected chi connectivity index (χ4v) is 1.98. The number of nitrogens with one attached hydrogen (secondary N) is 1. The Morgan fingerprint density at radius 1 is 1.17 bits per heavy atom. The van der Waals surface area contributed by atoms with Crippen molar-refractivity contribution in [1.82, 2.24) is 4.98 Å². The van der Waals surface area contributed by atoms with Crippen molar-refractivity contribution in [3.05, 3.63) is 42.1 Å². The Hall–Kier alpha value is -2.76. The van der Waals surface area contributed by atoms with Gasteiger partial charge in [0.15, 0.2) is 6.61 Å². The fourth-order valence-electron chi connectivity index (χ4n) is 1.98. The molecule has 0 radical (unpaired) electrons. The summed E-state index contributed by atoms with van der Waals surface area (Å²) in [5.41, 5.74) is 13.3. The van der Waals surface area contributed by atoms with Gasteiger partial charge in [0, 0.05) is 6.20 Å². The van der Waals surface area contributed by atoms with Crippen molar-refractivity contribution in [2.45, 2.75) is 26.2 Å². The number of pyridine rings is 1. The Labute approximate surface area is 135 Å². The fraction of sp³-hybridized carbons (Fsp3) is 0.294. The Bertz CT molecular complexity index is 691. The maximum Gasteiger partial charge on any atom is 0.262 e. The van der Waals surface area contributed by atoms with Crippen molar-refractivity contribution >= 4 is 23.1 Å². The minimum Gasteiger partial charge on any atom is -0.484 e. The molecule has 6 nitrogen and oxygen atoms in total. The molecule has 0 spiro atoms. The van der Waals surface area contributed by atoms with Crippen LogP contribution in [-0.4, -0.2) is 17.5 Å². The van der Waals surface area contributed by atoms with Gasteiger partial charge in [-0.1, -0.05) is 32.9 Å². The number of carbonyl (C=O) groups excluding carboxylic acids is 1. The van der Waals surface area contributed by atoms with E-state index in [9.17, 15) is 4.79 Å². The number of benzene rings is 1. The van der Waals surface area contributed by atoms with E-state index in [2.05, 4.69) is 31.1 Å². The molecule has 0 atom stereocenters. The summed E-state index contributed by atoms with van der Waals surface area (Å²) in [6.45, 7) is 6.31. The molecule has 1 aromatic carbocycles. The summed E-state index contributed by atoms with van der Waals surface area (Å²) in [5, 5.41) is 2.65. The molecule has 0 aliphatic rings. The van der Waals surface area contributed by atoms with E-state index in [1.54, 1.807) is 6.07 Å². The molecule has 0 aliphatic heterocycles. The molecule has 0 bridgehead atoms. The van der Waals surface area contributed by atoms with Crippen LogP contribution in [0.1, 0.15) is 26.3 Å². The van der Waals surface area contributed by atoms with Crippen molar-refractivity contribution in [3.8, 4) is 5.75 Å². The van der Waals surface area contributed by atoms with Gasteiger partial charge in [-0.3, -0.25) is 4.79 Å². The smallest absolute Gasteiger partial charge is 0.262 e. The molecule has 0 unspecified atom stereocenters. The molecule has 5 N–H and O–H groups in total. The van der Waals surface area contributed by atoms with Crippen LogP contribution in [0, 0.1) is 0 Å². The van der Waals surface area contributed by atoms with Crippen LogP contribution in [0.4, 0.5) is 17.2 Å². The third kappa shape index (κ3) is 4.35. The zero-order chi connectivity index (χ0) is 17.0. The lowest BCUT2D eigenvalue weighted by Crippen LogP contribution is -2.21. The molecule has 6 heteroatoms. The highest BCUT2D eigenvalue weighted by molar-refractivity contribution is 5.96. The van der Waals surface area contributed by atoms with Crippen molar-refractivity contribution in [2.24, 2.45) is 0 Å². The number of anilines is 3. The van der Waals surface area contributed by atoms with Gasteiger partial charge in [-0.15, -0.1) is 0 Å². The number of amides is 1. The standard InChI is InChI=1S/C17H22N4O2/c1-17(2,3)11-4-6-12(7-5-11)23-10-14(22)21-13-8-9-20-16(19)15(13)18/h4-9H,10,18H2,1-3H3,(H3,19,20,21,22). The van der Waals surface area contributed by atoms with Crippen LogP contribution < -0.4 is 21.5 Å². The Balaban J connectivity index is 1.93. The second-order valence-corrected chi connectivity index (χ2v) is 6.27. The maximum absolute atomic E-state index is 11.9. The molecule has 1 amide bonds. The van der Waals surface area contributed by atoms with Crippen LogP contribution in [0.5, 0.6) is 5.75 Å². The number of nitrogens with two attached hydrogens (primary N) is 2. The molecular weight excluding hydrogens is 292 g/mol. The number of hydrogen-bond acceptors (Lipinski definition) is 5. The van der Waals surface area contributed by atoms with Gasteiger partial charge in [0.25, 0.3) is 5.91 Å². The van der Waals surface area contributed by atoms with Gasteiger partial charge in [0.05, 0.1) is 11.4 Å². The molecule has 0 fully saturated rings. The highest BCUT2D eigenvalue weighted by Crippen LogP contribution is 2.24. The van der Waals surface area contributed by atoms with Crippen LogP contribution in [0.15, 0.2) is 36.5 Å². The summed E-state index contributed by atoms with van der Waals surface area (Å²) in [5.74, 6) is 0.499. The predicted octanol–water partition coefficient (Wildman–Crippen LogP) is 2.56. The van der Waals surface area contributed by atoms with Crippen LogP contribution in [0.2, 0.25) is 0 Å². The average Bonchev–Trinajstić information content (AvgIpc) is 2.49. The van der Waals surface area contributed by atoms with Crippen molar-refractivity contribution in [2.75, 3.05) is 23.4 Å². The quantitative estimate of drug-likeness (QED) is 0.804. The van der Waals surface area contributed by atoms with Gasteiger partial charge in [-0.25, -0.2) is 4.98 Å². The predicted molar refractivity (Wildman–Crippen MR) is 92.3 cm³/mol. The second-order valence-electron chi connectivity index (χ2n) is 6.27. The number of carbonyl (C=O) groups is 1. The van der Waals surface area contributed by atoms with Crippen molar-refractivity contribution in [3.63, 3.8) is 0 Å². The first-order chi connectivity index (χ1) is 10.8. The topological polar surface area (TPSA) is 103 Å². The lowest BCUT2D eigenvalue weighted by molar-refractivity contribution is -0.118. The first kappa shape index (κ1) is 16.6. The van der Waals surface area contributed by atoms with Gasteiger partial charge in [0.1, 0.15) is 11.6 Å². The number of ether oxygens (including phenoxy) is 1.